The lowest BCUT2D eigenvalue weighted by atomic mass is 9.88. The molecule has 0 saturated carbocycles. The Labute approximate surface area is 87.6 Å². The van der Waals surface area contributed by atoms with Crippen LogP contribution in [-0.4, -0.2) is 25.5 Å². The van der Waals surface area contributed by atoms with E-state index in [9.17, 15) is 4.79 Å². The molecule has 3 heteroatoms. The van der Waals surface area contributed by atoms with Crippen molar-refractivity contribution in [1.82, 2.24) is 10.6 Å². The molecule has 84 valence electrons. The third-order valence-corrected chi connectivity index (χ3v) is 2.59. The zero-order chi connectivity index (χ0) is 11.1. The number of amides is 1. The van der Waals surface area contributed by atoms with E-state index in [1.54, 1.807) is 6.92 Å². The highest BCUT2D eigenvalue weighted by Gasteiger charge is 2.22. The standard InChI is InChI=1S/C11H24N2O/c1-6-10(7-12-5)11(8(2)3)13-9(4)14/h8,10-12H,6-7H2,1-5H3,(H,13,14). The van der Waals surface area contributed by atoms with Gasteiger partial charge in [-0.25, -0.2) is 0 Å². The average Bonchev–Trinajstić information content (AvgIpc) is 2.10. The van der Waals surface area contributed by atoms with Gasteiger partial charge >= 0.3 is 0 Å². The molecule has 0 aliphatic rings. The highest BCUT2D eigenvalue weighted by Crippen LogP contribution is 2.15. The first-order valence-electron chi connectivity index (χ1n) is 5.44. The maximum absolute atomic E-state index is 11.1. The molecule has 3 nitrogen and oxygen atoms in total. The van der Waals surface area contributed by atoms with Crippen molar-refractivity contribution in [2.24, 2.45) is 11.8 Å². The lowest BCUT2D eigenvalue weighted by Gasteiger charge is -2.30. The summed E-state index contributed by atoms with van der Waals surface area (Å²) in [5.41, 5.74) is 0. The van der Waals surface area contributed by atoms with Crippen molar-refractivity contribution in [3.63, 3.8) is 0 Å². The van der Waals surface area contributed by atoms with Gasteiger partial charge in [0.2, 0.25) is 5.91 Å². The zero-order valence-electron chi connectivity index (χ0n) is 10.1. The second-order valence-corrected chi connectivity index (χ2v) is 4.20. The second-order valence-electron chi connectivity index (χ2n) is 4.20. The van der Waals surface area contributed by atoms with Gasteiger partial charge in [0.25, 0.3) is 0 Å². The molecule has 0 aromatic heterocycles. The second kappa shape index (κ2) is 6.82. The van der Waals surface area contributed by atoms with Crippen LogP contribution >= 0.6 is 0 Å². The molecule has 0 heterocycles. The molecule has 0 aliphatic heterocycles. The third kappa shape index (κ3) is 4.61. The van der Waals surface area contributed by atoms with Crippen LogP contribution in [0.5, 0.6) is 0 Å². The Hall–Kier alpha value is -0.570. The van der Waals surface area contributed by atoms with Gasteiger partial charge in [-0.2, -0.15) is 0 Å². The summed E-state index contributed by atoms with van der Waals surface area (Å²) in [4.78, 5) is 11.1. The number of carbonyl (C=O) groups is 1. The smallest absolute Gasteiger partial charge is 0.217 e. The molecule has 0 fully saturated rings. The van der Waals surface area contributed by atoms with Crippen LogP contribution in [0, 0.1) is 11.8 Å². The van der Waals surface area contributed by atoms with Gasteiger partial charge in [-0.05, 0) is 25.4 Å². The quantitative estimate of drug-likeness (QED) is 0.680. The highest BCUT2D eigenvalue weighted by atomic mass is 16.1. The van der Waals surface area contributed by atoms with Crippen molar-refractivity contribution < 1.29 is 4.79 Å². The maximum Gasteiger partial charge on any atom is 0.217 e. The molecule has 14 heavy (non-hydrogen) atoms. The van der Waals surface area contributed by atoms with Crippen molar-refractivity contribution in [2.75, 3.05) is 13.6 Å². The summed E-state index contributed by atoms with van der Waals surface area (Å²) >= 11 is 0. The van der Waals surface area contributed by atoms with E-state index in [4.69, 9.17) is 0 Å². The molecule has 0 radical (unpaired) electrons. The summed E-state index contributed by atoms with van der Waals surface area (Å²) in [5, 5.41) is 6.21. The van der Waals surface area contributed by atoms with E-state index in [1.165, 1.54) is 0 Å². The van der Waals surface area contributed by atoms with Crippen molar-refractivity contribution in [3.05, 3.63) is 0 Å². The molecular formula is C11H24N2O. The van der Waals surface area contributed by atoms with Gasteiger partial charge in [0.05, 0.1) is 0 Å². The molecular weight excluding hydrogens is 176 g/mol. The van der Waals surface area contributed by atoms with Crippen molar-refractivity contribution in [1.29, 1.82) is 0 Å². The first-order chi connectivity index (χ1) is 6.52. The largest absolute Gasteiger partial charge is 0.353 e. The number of nitrogens with one attached hydrogen (secondary N) is 2. The summed E-state index contributed by atoms with van der Waals surface area (Å²) < 4.78 is 0. The molecule has 0 saturated heterocycles. The van der Waals surface area contributed by atoms with E-state index in [1.807, 2.05) is 7.05 Å². The first-order valence-corrected chi connectivity index (χ1v) is 5.44. The minimum Gasteiger partial charge on any atom is -0.353 e. The van der Waals surface area contributed by atoms with Crippen LogP contribution in [0.2, 0.25) is 0 Å². The Kier molecular flexibility index (Phi) is 6.54. The Morgan fingerprint density at radius 2 is 1.93 bits per heavy atom. The van der Waals surface area contributed by atoms with Gasteiger partial charge < -0.3 is 10.6 Å². The van der Waals surface area contributed by atoms with Crippen molar-refractivity contribution >= 4 is 5.91 Å². The first kappa shape index (κ1) is 13.4. The predicted octanol–water partition coefficient (Wildman–Crippen LogP) is 1.39. The SMILES string of the molecule is CCC(CNC)C(NC(C)=O)C(C)C. The average molecular weight is 200 g/mol. The summed E-state index contributed by atoms with van der Waals surface area (Å²) in [5.74, 6) is 1.07. The fraction of sp³-hybridized carbons (Fsp3) is 0.909. The summed E-state index contributed by atoms with van der Waals surface area (Å²) in [6.07, 6.45) is 1.09. The Bertz CT molecular complexity index is 169. The summed E-state index contributed by atoms with van der Waals surface area (Å²) in [6.45, 7) is 9.01. The Morgan fingerprint density at radius 3 is 2.21 bits per heavy atom. The third-order valence-electron chi connectivity index (χ3n) is 2.59. The lowest BCUT2D eigenvalue weighted by Crippen LogP contribution is -2.45. The molecule has 0 aromatic rings. The summed E-state index contributed by atoms with van der Waals surface area (Å²) in [6, 6.07) is 0.282. The van der Waals surface area contributed by atoms with E-state index in [2.05, 4.69) is 31.4 Å². The fourth-order valence-electron chi connectivity index (χ4n) is 1.85. The van der Waals surface area contributed by atoms with Gasteiger partial charge in [0.15, 0.2) is 0 Å². The molecule has 0 spiro atoms. The van der Waals surface area contributed by atoms with E-state index >= 15 is 0 Å². The van der Waals surface area contributed by atoms with Crippen LogP contribution in [-0.2, 0) is 4.79 Å². The molecule has 2 atom stereocenters. The molecule has 2 N–H and O–H groups in total. The minimum atomic E-state index is 0.0678. The molecule has 2 unspecified atom stereocenters. The lowest BCUT2D eigenvalue weighted by molar-refractivity contribution is -0.120. The monoisotopic (exact) mass is 200 g/mol. The number of rotatable bonds is 6. The normalized spacial score (nSPS) is 15.3. The maximum atomic E-state index is 11.1. The zero-order valence-corrected chi connectivity index (χ0v) is 10.1. The van der Waals surface area contributed by atoms with Gasteiger partial charge in [0.1, 0.15) is 0 Å². The van der Waals surface area contributed by atoms with Crippen LogP contribution < -0.4 is 10.6 Å². The summed E-state index contributed by atoms with van der Waals surface area (Å²) in [7, 11) is 1.95. The van der Waals surface area contributed by atoms with Crippen LogP contribution in [0.25, 0.3) is 0 Å². The molecule has 0 rings (SSSR count). The van der Waals surface area contributed by atoms with Crippen molar-refractivity contribution in [3.8, 4) is 0 Å². The van der Waals surface area contributed by atoms with Crippen LogP contribution in [0.15, 0.2) is 0 Å². The van der Waals surface area contributed by atoms with E-state index in [0.717, 1.165) is 13.0 Å². The Morgan fingerprint density at radius 1 is 1.36 bits per heavy atom. The molecule has 0 bridgehead atoms. The number of carbonyl (C=O) groups excluding carboxylic acids is 1. The predicted molar refractivity (Wildman–Crippen MR) is 60.2 cm³/mol. The molecule has 0 aromatic carbocycles. The van der Waals surface area contributed by atoms with Gasteiger partial charge in [-0.15, -0.1) is 0 Å². The number of hydrogen-bond donors (Lipinski definition) is 2. The van der Waals surface area contributed by atoms with Crippen LogP contribution in [0.1, 0.15) is 34.1 Å². The minimum absolute atomic E-state index is 0.0678. The number of hydrogen-bond acceptors (Lipinski definition) is 2. The Balaban J connectivity index is 4.34. The van der Waals surface area contributed by atoms with E-state index in [-0.39, 0.29) is 11.9 Å². The molecule has 1 amide bonds. The topological polar surface area (TPSA) is 41.1 Å². The van der Waals surface area contributed by atoms with Crippen LogP contribution in [0.4, 0.5) is 0 Å². The van der Waals surface area contributed by atoms with Gasteiger partial charge in [-0.3, -0.25) is 4.79 Å². The van der Waals surface area contributed by atoms with E-state index in [0.29, 0.717) is 11.8 Å². The van der Waals surface area contributed by atoms with Crippen LogP contribution in [0.3, 0.4) is 0 Å². The van der Waals surface area contributed by atoms with Crippen molar-refractivity contribution in [2.45, 2.75) is 40.2 Å². The highest BCUT2D eigenvalue weighted by molar-refractivity contribution is 5.73. The van der Waals surface area contributed by atoms with Gasteiger partial charge in [-0.1, -0.05) is 27.2 Å². The molecule has 0 aliphatic carbocycles. The van der Waals surface area contributed by atoms with E-state index < -0.39 is 0 Å². The fourth-order valence-corrected chi connectivity index (χ4v) is 1.85. The van der Waals surface area contributed by atoms with Gasteiger partial charge in [0, 0.05) is 13.0 Å².